The Morgan fingerprint density at radius 1 is 1.35 bits per heavy atom. The van der Waals surface area contributed by atoms with E-state index in [4.69, 9.17) is 4.74 Å². The maximum absolute atomic E-state index is 5.45. The molecule has 2 heterocycles. The summed E-state index contributed by atoms with van der Waals surface area (Å²) in [4.78, 5) is 6.92. The predicted octanol–water partition coefficient (Wildman–Crippen LogP) is 2.58. The summed E-state index contributed by atoms with van der Waals surface area (Å²) >= 11 is 0. The van der Waals surface area contributed by atoms with E-state index < -0.39 is 0 Å². The third-order valence-electron chi connectivity index (χ3n) is 3.75. The van der Waals surface area contributed by atoms with Crippen molar-refractivity contribution >= 4 is 5.82 Å². The molecule has 0 saturated carbocycles. The van der Waals surface area contributed by atoms with Crippen molar-refractivity contribution in [3.63, 3.8) is 0 Å². The molecule has 0 bridgehead atoms. The van der Waals surface area contributed by atoms with Crippen molar-refractivity contribution in [3.8, 4) is 0 Å². The molecule has 0 radical (unpaired) electrons. The SMILES string of the molecule is CN(c1ncccc1CNC(C)(C)C)C1CCOCC1. The van der Waals surface area contributed by atoms with E-state index in [1.54, 1.807) is 0 Å². The maximum atomic E-state index is 5.45. The number of hydrogen-bond donors (Lipinski definition) is 1. The second-order valence-corrected chi connectivity index (χ2v) is 6.54. The molecule has 0 spiro atoms. The Bertz CT molecular complexity index is 422. The Labute approximate surface area is 122 Å². The van der Waals surface area contributed by atoms with Crippen LogP contribution in [0.25, 0.3) is 0 Å². The average molecular weight is 277 g/mol. The van der Waals surface area contributed by atoms with E-state index in [1.807, 2.05) is 12.3 Å². The molecule has 0 atom stereocenters. The normalized spacial score (nSPS) is 17.2. The number of pyridine rings is 1. The van der Waals surface area contributed by atoms with Gasteiger partial charge in [0.05, 0.1) is 0 Å². The summed E-state index contributed by atoms with van der Waals surface area (Å²) in [7, 11) is 2.15. The summed E-state index contributed by atoms with van der Waals surface area (Å²) in [5.74, 6) is 1.09. The van der Waals surface area contributed by atoms with E-state index in [1.165, 1.54) is 5.56 Å². The van der Waals surface area contributed by atoms with Crippen molar-refractivity contribution in [2.45, 2.75) is 51.7 Å². The van der Waals surface area contributed by atoms with Gasteiger partial charge in [-0.05, 0) is 39.7 Å². The molecular weight excluding hydrogens is 250 g/mol. The van der Waals surface area contributed by atoms with Crippen molar-refractivity contribution < 1.29 is 4.74 Å². The van der Waals surface area contributed by atoms with Crippen LogP contribution in [0.2, 0.25) is 0 Å². The van der Waals surface area contributed by atoms with Gasteiger partial charge < -0.3 is 15.0 Å². The van der Waals surface area contributed by atoms with Gasteiger partial charge in [0.25, 0.3) is 0 Å². The molecule has 1 saturated heterocycles. The Hall–Kier alpha value is -1.13. The number of nitrogens with zero attached hydrogens (tertiary/aromatic N) is 2. The molecule has 0 aromatic carbocycles. The molecule has 1 aliphatic heterocycles. The van der Waals surface area contributed by atoms with Gasteiger partial charge in [-0.2, -0.15) is 0 Å². The monoisotopic (exact) mass is 277 g/mol. The summed E-state index contributed by atoms with van der Waals surface area (Å²) in [6, 6.07) is 4.71. The molecule has 2 rings (SSSR count). The summed E-state index contributed by atoms with van der Waals surface area (Å²) in [5, 5.41) is 3.54. The van der Waals surface area contributed by atoms with Gasteiger partial charge in [-0.3, -0.25) is 0 Å². The minimum Gasteiger partial charge on any atom is -0.381 e. The van der Waals surface area contributed by atoms with Crippen LogP contribution in [0.4, 0.5) is 5.82 Å². The Morgan fingerprint density at radius 2 is 2.05 bits per heavy atom. The molecule has 4 nitrogen and oxygen atoms in total. The molecule has 0 aliphatic carbocycles. The summed E-state index contributed by atoms with van der Waals surface area (Å²) in [6.45, 7) is 9.12. The summed E-state index contributed by atoms with van der Waals surface area (Å²) in [6.07, 6.45) is 4.05. The molecule has 1 aliphatic rings. The molecular formula is C16H27N3O. The van der Waals surface area contributed by atoms with Crippen LogP contribution in [-0.4, -0.2) is 36.8 Å². The first kappa shape index (κ1) is 15.3. The fourth-order valence-electron chi connectivity index (χ4n) is 2.49. The average Bonchev–Trinajstić information content (AvgIpc) is 2.45. The largest absolute Gasteiger partial charge is 0.381 e. The van der Waals surface area contributed by atoms with Gasteiger partial charge in [0, 0.05) is 50.1 Å². The Morgan fingerprint density at radius 3 is 2.70 bits per heavy atom. The van der Waals surface area contributed by atoms with Crippen LogP contribution >= 0.6 is 0 Å². The number of aromatic nitrogens is 1. The zero-order chi connectivity index (χ0) is 14.6. The smallest absolute Gasteiger partial charge is 0.133 e. The first-order valence-electron chi connectivity index (χ1n) is 7.47. The van der Waals surface area contributed by atoms with Crippen LogP contribution < -0.4 is 10.2 Å². The Balaban J connectivity index is 2.09. The first-order chi connectivity index (χ1) is 9.47. The standard InChI is InChI=1S/C16H27N3O/c1-16(2,3)18-12-13-6-5-9-17-15(13)19(4)14-7-10-20-11-8-14/h5-6,9,14,18H,7-8,10-12H2,1-4H3. The quantitative estimate of drug-likeness (QED) is 0.918. The number of nitrogens with one attached hydrogen (secondary N) is 1. The van der Waals surface area contributed by atoms with Gasteiger partial charge in [-0.25, -0.2) is 4.98 Å². The predicted molar refractivity (Wildman–Crippen MR) is 83.1 cm³/mol. The molecule has 1 aromatic heterocycles. The van der Waals surface area contributed by atoms with Crippen molar-refractivity contribution in [2.24, 2.45) is 0 Å². The van der Waals surface area contributed by atoms with Crippen LogP contribution in [0.1, 0.15) is 39.2 Å². The number of ether oxygens (including phenoxy) is 1. The van der Waals surface area contributed by atoms with Crippen molar-refractivity contribution in [3.05, 3.63) is 23.9 Å². The van der Waals surface area contributed by atoms with Crippen LogP contribution in [-0.2, 0) is 11.3 Å². The van der Waals surface area contributed by atoms with E-state index in [0.717, 1.165) is 38.4 Å². The highest BCUT2D eigenvalue weighted by atomic mass is 16.5. The van der Waals surface area contributed by atoms with Crippen LogP contribution in [0.5, 0.6) is 0 Å². The van der Waals surface area contributed by atoms with Crippen molar-refractivity contribution in [1.29, 1.82) is 0 Å². The van der Waals surface area contributed by atoms with Gasteiger partial charge in [-0.1, -0.05) is 6.07 Å². The maximum Gasteiger partial charge on any atom is 0.133 e. The molecule has 20 heavy (non-hydrogen) atoms. The number of hydrogen-bond acceptors (Lipinski definition) is 4. The molecule has 4 heteroatoms. The molecule has 0 amide bonds. The van der Waals surface area contributed by atoms with Gasteiger partial charge >= 0.3 is 0 Å². The second-order valence-electron chi connectivity index (χ2n) is 6.54. The third kappa shape index (κ3) is 4.18. The van der Waals surface area contributed by atoms with Crippen LogP contribution in [0, 0.1) is 0 Å². The third-order valence-corrected chi connectivity index (χ3v) is 3.75. The van der Waals surface area contributed by atoms with E-state index >= 15 is 0 Å². The van der Waals surface area contributed by atoms with Crippen molar-refractivity contribution in [2.75, 3.05) is 25.2 Å². The van der Waals surface area contributed by atoms with Gasteiger partial charge in [0.1, 0.15) is 5.82 Å². The minimum atomic E-state index is 0.115. The highest BCUT2D eigenvalue weighted by Crippen LogP contribution is 2.23. The van der Waals surface area contributed by atoms with E-state index in [2.05, 4.69) is 49.1 Å². The zero-order valence-electron chi connectivity index (χ0n) is 13.1. The van der Waals surface area contributed by atoms with Gasteiger partial charge in [0.2, 0.25) is 0 Å². The van der Waals surface area contributed by atoms with Gasteiger partial charge in [-0.15, -0.1) is 0 Å². The zero-order valence-corrected chi connectivity index (χ0v) is 13.1. The molecule has 1 aromatic rings. The summed E-state index contributed by atoms with van der Waals surface area (Å²) in [5.41, 5.74) is 1.38. The number of anilines is 1. The molecule has 0 unspecified atom stereocenters. The lowest BCUT2D eigenvalue weighted by Crippen LogP contribution is -2.39. The highest BCUT2D eigenvalue weighted by Gasteiger charge is 2.21. The lowest BCUT2D eigenvalue weighted by Gasteiger charge is -2.33. The Kier molecular flexibility index (Phi) is 5.00. The fourth-order valence-corrected chi connectivity index (χ4v) is 2.49. The second kappa shape index (κ2) is 6.55. The van der Waals surface area contributed by atoms with Crippen LogP contribution in [0.15, 0.2) is 18.3 Å². The molecule has 112 valence electrons. The highest BCUT2D eigenvalue weighted by molar-refractivity contribution is 5.47. The topological polar surface area (TPSA) is 37.4 Å². The van der Waals surface area contributed by atoms with E-state index in [9.17, 15) is 0 Å². The number of rotatable bonds is 4. The molecule has 1 N–H and O–H groups in total. The van der Waals surface area contributed by atoms with Gasteiger partial charge in [0.15, 0.2) is 0 Å². The van der Waals surface area contributed by atoms with E-state index in [-0.39, 0.29) is 5.54 Å². The van der Waals surface area contributed by atoms with Crippen molar-refractivity contribution in [1.82, 2.24) is 10.3 Å². The van der Waals surface area contributed by atoms with Crippen LogP contribution in [0.3, 0.4) is 0 Å². The minimum absolute atomic E-state index is 0.115. The lowest BCUT2D eigenvalue weighted by molar-refractivity contribution is 0.0853. The van der Waals surface area contributed by atoms with E-state index in [0.29, 0.717) is 6.04 Å². The lowest BCUT2D eigenvalue weighted by atomic mass is 10.1. The molecule has 1 fully saturated rings. The first-order valence-corrected chi connectivity index (χ1v) is 7.47. The summed E-state index contributed by atoms with van der Waals surface area (Å²) < 4.78 is 5.45. The fraction of sp³-hybridized carbons (Fsp3) is 0.688.